The molecule has 0 fully saturated rings. The van der Waals surface area contributed by atoms with Crippen molar-refractivity contribution in [3.8, 4) is 0 Å². The van der Waals surface area contributed by atoms with Gasteiger partial charge in [-0.15, -0.1) is 0 Å². The van der Waals surface area contributed by atoms with E-state index in [9.17, 15) is 24.8 Å². The lowest BCUT2D eigenvalue weighted by molar-refractivity contribution is -0.385. The molecule has 8 heteroatoms. The summed E-state index contributed by atoms with van der Waals surface area (Å²) < 4.78 is 0. The highest BCUT2D eigenvalue weighted by Gasteiger charge is 2.19. The number of nitrogens with one attached hydrogen (secondary N) is 1. The van der Waals surface area contributed by atoms with Crippen LogP contribution in [0, 0.1) is 10.1 Å². The Balaban J connectivity index is 0.000000304. The fourth-order valence-electron chi connectivity index (χ4n) is 1.33. The van der Waals surface area contributed by atoms with Crippen molar-refractivity contribution in [2.45, 2.75) is 0 Å². The smallest absolute Gasteiger partial charge is 0.342 e. The van der Waals surface area contributed by atoms with Crippen molar-refractivity contribution in [1.29, 1.82) is 0 Å². The first kappa shape index (κ1) is 15.8. The van der Waals surface area contributed by atoms with Gasteiger partial charge in [-0.25, -0.2) is 9.78 Å². The summed E-state index contributed by atoms with van der Waals surface area (Å²) in [6.07, 6.45) is 3.75. The van der Waals surface area contributed by atoms with Crippen LogP contribution < -0.4 is 10.1 Å². The lowest BCUT2D eigenvalue weighted by Crippen LogP contribution is -2.22. The van der Waals surface area contributed by atoms with E-state index in [1.54, 1.807) is 0 Å². The molecule has 0 atom stereocenters. The third-order valence-electron chi connectivity index (χ3n) is 2.27. The molecule has 2 aromatic rings. The Morgan fingerprint density at radius 3 is 2.10 bits per heavy atom. The number of carboxylic acids is 2. The average molecular weight is 290 g/mol. The Kier molecular flexibility index (Phi) is 5.51. The summed E-state index contributed by atoms with van der Waals surface area (Å²) in [5.41, 5.74) is -1.78. The topological polar surface area (TPSA) is 135 Å². The van der Waals surface area contributed by atoms with E-state index in [0.717, 1.165) is 12.1 Å². The minimum Gasteiger partial charge on any atom is -0.545 e. The van der Waals surface area contributed by atoms with Crippen LogP contribution in [0.15, 0.2) is 48.8 Å². The number of aromatic carboxylic acids is 2. The number of benzene rings is 1. The normalized spacial score (nSPS) is 9.14. The number of aromatic amines is 1. The number of nitro benzene ring substituents is 1. The predicted molar refractivity (Wildman–Crippen MR) is 67.4 cm³/mol. The van der Waals surface area contributed by atoms with Crippen molar-refractivity contribution >= 4 is 17.6 Å². The number of nitrogens with zero attached hydrogens (tertiary/aromatic N) is 1. The van der Waals surface area contributed by atoms with Crippen molar-refractivity contribution < 1.29 is 29.7 Å². The highest BCUT2D eigenvalue weighted by Crippen LogP contribution is 2.19. The first-order valence-corrected chi connectivity index (χ1v) is 5.57. The molecule has 0 unspecified atom stereocenters. The number of nitro groups is 1. The summed E-state index contributed by atoms with van der Waals surface area (Å²) in [6.45, 7) is 0. The van der Waals surface area contributed by atoms with Crippen LogP contribution in [-0.2, 0) is 0 Å². The number of carboxylic acid groups (broad SMARTS) is 2. The molecule has 0 radical (unpaired) electrons. The second kappa shape index (κ2) is 7.34. The number of H-pyrrole nitrogens is 1. The van der Waals surface area contributed by atoms with Crippen molar-refractivity contribution in [3.05, 3.63) is 70.0 Å². The van der Waals surface area contributed by atoms with Crippen LogP contribution in [0.2, 0.25) is 0 Å². The minimum absolute atomic E-state index is 0.438. The maximum atomic E-state index is 10.5. The molecule has 0 saturated carbocycles. The molecule has 1 aromatic heterocycles. The highest BCUT2D eigenvalue weighted by atomic mass is 16.6. The van der Waals surface area contributed by atoms with Gasteiger partial charge in [0.2, 0.25) is 0 Å². The van der Waals surface area contributed by atoms with Crippen molar-refractivity contribution in [2.24, 2.45) is 0 Å². The molecular formula is C13H10N2O6. The average Bonchev–Trinajstić information content (AvgIpc) is 2.48. The van der Waals surface area contributed by atoms with Crippen molar-refractivity contribution in [2.75, 3.05) is 0 Å². The number of pyridine rings is 1. The summed E-state index contributed by atoms with van der Waals surface area (Å²) in [4.78, 5) is 33.3. The monoisotopic (exact) mass is 290 g/mol. The van der Waals surface area contributed by atoms with Gasteiger partial charge in [0.1, 0.15) is 5.56 Å². The number of rotatable bonds is 3. The van der Waals surface area contributed by atoms with Gasteiger partial charge in [-0.2, -0.15) is 0 Å². The summed E-state index contributed by atoms with van der Waals surface area (Å²) in [5.74, 6) is -3.10. The van der Waals surface area contributed by atoms with Crippen LogP contribution in [-0.4, -0.2) is 22.0 Å². The molecule has 0 bridgehead atoms. The van der Waals surface area contributed by atoms with Gasteiger partial charge in [-0.1, -0.05) is 12.1 Å². The largest absolute Gasteiger partial charge is 0.545 e. The molecule has 0 saturated heterocycles. The Labute approximate surface area is 118 Å². The first-order chi connectivity index (χ1) is 9.93. The maximum absolute atomic E-state index is 10.5. The molecule has 21 heavy (non-hydrogen) atoms. The molecule has 0 aliphatic heterocycles. The Morgan fingerprint density at radius 2 is 1.76 bits per heavy atom. The second-order valence-corrected chi connectivity index (χ2v) is 3.66. The third kappa shape index (κ3) is 4.71. The highest BCUT2D eigenvalue weighted by molar-refractivity contribution is 5.95. The first-order valence-electron chi connectivity index (χ1n) is 5.57. The number of carbonyl (C=O) groups excluding carboxylic acids is 1. The van der Waals surface area contributed by atoms with E-state index >= 15 is 0 Å². The molecular weight excluding hydrogens is 280 g/mol. The number of aromatic nitrogens is 1. The number of hydrogen-bond donors (Lipinski definition) is 1. The predicted octanol–water partition coefficient (Wildman–Crippen LogP) is 0.157. The summed E-state index contributed by atoms with van der Waals surface area (Å²) in [5, 5.41) is 29.4. The van der Waals surface area contributed by atoms with E-state index in [-0.39, 0.29) is 0 Å². The lowest BCUT2D eigenvalue weighted by Gasteiger charge is -2.03. The molecule has 0 aliphatic rings. The van der Waals surface area contributed by atoms with E-state index in [1.807, 2.05) is 30.6 Å². The van der Waals surface area contributed by atoms with Gasteiger partial charge >= 0.3 is 5.97 Å². The molecule has 2 N–H and O–H groups in total. The summed E-state index contributed by atoms with van der Waals surface area (Å²) in [6, 6.07) is 8.30. The number of hydrogen-bond acceptors (Lipinski definition) is 5. The van der Waals surface area contributed by atoms with Gasteiger partial charge in [0, 0.05) is 23.8 Å². The third-order valence-corrected chi connectivity index (χ3v) is 2.27. The van der Waals surface area contributed by atoms with E-state index in [2.05, 4.69) is 4.98 Å². The molecule has 8 nitrogen and oxygen atoms in total. The Hall–Kier alpha value is -3.29. The van der Waals surface area contributed by atoms with Gasteiger partial charge in [-0.05, 0) is 6.07 Å². The molecule has 0 amide bonds. The van der Waals surface area contributed by atoms with Crippen molar-refractivity contribution in [1.82, 2.24) is 0 Å². The quantitative estimate of drug-likeness (QED) is 0.631. The standard InChI is InChI=1S/C8H5NO6.C5H5N/c10-7(11)4-1-2-5(8(12)13)6(3-4)9(14)15;1-2-4-6-5-3-1/h1-3H,(H,10,11)(H,12,13);1-5H. The maximum Gasteiger partial charge on any atom is 0.342 e. The molecule has 1 aromatic carbocycles. The van der Waals surface area contributed by atoms with E-state index < -0.39 is 33.7 Å². The molecule has 0 aliphatic carbocycles. The minimum atomic E-state index is -1.60. The van der Waals surface area contributed by atoms with Crippen LogP contribution in [0.3, 0.4) is 0 Å². The molecule has 0 spiro atoms. The van der Waals surface area contributed by atoms with Crippen LogP contribution in [0.25, 0.3) is 0 Å². The van der Waals surface area contributed by atoms with Crippen LogP contribution >= 0.6 is 0 Å². The van der Waals surface area contributed by atoms with E-state index in [4.69, 9.17) is 5.11 Å². The lowest BCUT2D eigenvalue weighted by atomic mass is 10.1. The molecule has 108 valence electrons. The van der Waals surface area contributed by atoms with Gasteiger partial charge in [0.05, 0.1) is 10.9 Å². The Morgan fingerprint density at radius 1 is 1.14 bits per heavy atom. The zero-order valence-corrected chi connectivity index (χ0v) is 10.6. The van der Waals surface area contributed by atoms with Gasteiger partial charge in [0.25, 0.3) is 5.69 Å². The molecule has 2 rings (SSSR count). The second-order valence-electron chi connectivity index (χ2n) is 3.66. The van der Waals surface area contributed by atoms with E-state index in [0.29, 0.717) is 6.07 Å². The Bertz CT molecular complexity index is 630. The van der Waals surface area contributed by atoms with Crippen LogP contribution in [0.1, 0.15) is 20.7 Å². The molecule has 1 heterocycles. The summed E-state index contributed by atoms with van der Waals surface area (Å²) in [7, 11) is 0. The van der Waals surface area contributed by atoms with E-state index in [1.165, 1.54) is 0 Å². The van der Waals surface area contributed by atoms with Crippen LogP contribution in [0.5, 0.6) is 0 Å². The SMILES string of the molecule is O=C([O-])c1ccc(C(=O)O)c([N+](=O)[O-])c1.c1cc[nH+]cc1. The fraction of sp³-hybridized carbons (Fsp3) is 0. The van der Waals surface area contributed by atoms with Gasteiger partial charge < -0.3 is 15.0 Å². The van der Waals surface area contributed by atoms with Gasteiger partial charge in [0.15, 0.2) is 12.4 Å². The fourth-order valence-corrected chi connectivity index (χ4v) is 1.33. The zero-order chi connectivity index (χ0) is 15.8. The van der Waals surface area contributed by atoms with Gasteiger partial charge in [-0.3, -0.25) is 10.1 Å². The zero-order valence-electron chi connectivity index (χ0n) is 10.6. The summed E-state index contributed by atoms with van der Waals surface area (Å²) >= 11 is 0. The van der Waals surface area contributed by atoms with Crippen LogP contribution in [0.4, 0.5) is 5.69 Å². The number of carbonyl (C=O) groups is 2. The van der Waals surface area contributed by atoms with Crippen molar-refractivity contribution in [3.63, 3.8) is 0 Å².